The number of benzene rings is 2. The first-order valence-electron chi connectivity index (χ1n) is 6.03. The topological polar surface area (TPSA) is 81.2 Å². The fraction of sp³-hybridized carbons (Fsp3) is 0.143. The largest absolute Gasteiger partial charge is 0.398 e. The lowest BCUT2D eigenvalue weighted by Crippen LogP contribution is -2.07. The van der Waals surface area contributed by atoms with Crippen LogP contribution in [0.25, 0.3) is 0 Å². The molecule has 1 unspecified atom stereocenters. The third-order valence-corrected chi connectivity index (χ3v) is 3.25. The zero-order valence-corrected chi connectivity index (χ0v) is 11.6. The highest BCUT2D eigenvalue weighted by Gasteiger charge is 2.12. The minimum absolute atomic E-state index is 0.0427. The third-order valence-electron chi connectivity index (χ3n) is 2.91. The van der Waals surface area contributed by atoms with Gasteiger partial charge in [-0.1, -0.05) is 29.8 Å². The van der Waals surface area contributed by atoms with Crippen molar-refractivity contribution < 1.29 is 4.92 Å². The van der Waals surface area contributed by atoms with Crippen molar-refractivity contribution in [2.24, 2.45) is 0 Å². The van der Waals surface area contributed by atoms with Crippen molar-refractivity contribution in [2.45, 2.75) is 13.0 Å². The summed E-state index contributed by atoms with van der Waals surface area (Å²) in [6.07, 6.45) is 0. The van der Waals surface area contributed by atoms with Crippen LogP contribution in [0, 0.1) is 10.1 Å². The van der Waals surface area contributed by atoms with Gasteiger partial charge >= 0.3 is 0 Å². The lowest BCUT2D eigenvalue weighted by Gasteiger charge is -2.17. The Morgan fingerprint density at radius 3 is 2.65 bits per heavy atom. The minimum atomic E-state index is -0.471. The molecular weight excluding hydrogens is 278 g/mol. The molecule has 3 N–H and O–H groups in total. The van der Waals surface area contributed by atoms with Gasteiger partial charge in [0.15, 0.2) is 0 Å². The Balaban J connectivity index is 2.26. The highest BCUT2D eigenvalue weighted by atomic mass is 35.5. The molecule has 0 bridgehead atoms. The second kappa shape index (κ2) is 5.79. The van der Waals surface area contributed by atoms with Crippen LogP contribution in [0.3, 0.4) is 0 Å². The molecule has 0 fully saturated rings. The summed E-state index contributed by atoms with van der Waals surface area (Å²) < 4.78 is 0. The predicted molar refractivity (Wildman–Crippen MR) is 81.0 cm³/mol. The van der Waals surface area contributed by atoms with Gasteiger partial charge in [0, 0.05) is 34.6 Å². The van der Waals surface area contributed by atoms with E-state index >= 15 is 0 Å². The van der Waals surface area contributed by atoms with Crippen LogP contribution in [-0.2, 0) is 0 Å². The van der Waals surface area contributed by atoms with Crippen LogP contribution >= 0.6 is 11.6 Å². The van der Waals surface area contributed by atoms with Crippen LogP contribution in [0.4, 0.5) is 17.1 Å². The smallest absolute Gasteiger partial charge is 0.273 e. The first kappa shape index (κ1) is 14.1. The highest BCUT2D eigenvalue weighted by Crippen LogP contribution is 2.28. The number of nitrogens with one attached hydrogen (secondary N) is 1. The Morgan fingerprint density at radius 2 is 2.00 bits per heavy atom. The van der Waals surface area contributed by atoms with Gasteiger partial charge in [-0.3, -0.25) is 10.1 Å². The van der Waals surface area contributed by atoms with E-state index in [-0.39, 0.29) is 11.7 Å². The summed E-state index contributed by atoms with van der Waals surface area (Å²) >= 11 is 6.13. The molecule has 20 heavy (non-hydrogen) atoms. The molecule has 6 heteroatoms. The van der Waals surface area contributed by atoms with Crippen molar-refractivity contribution in [3.63, 3.8) is 0 Å². The van der Waals surface area contributed by atoms with Gasteiger partial charge in [0.25, 0.3) is 5.69 Å². The van der Waals surface area contributed by atoms with E-state index < -0.39 is 4.92 Å². The van der Waals surface area contributed by atoms with Crippen LogP contribution in [0.5, 0.6) is 0 Å². The molecule has 0 aromatic heterocycles. The molecular formula is C14H14ClN3O2. The number of hydrogen-bond donors (Lipinski definition) is 2. The van der Waals surface area contributed by atoms with Gasteiger partial charge in [-0.15, -0.1) is 0 Å². The molecule has 0 amide bonds. The van der Waals surface area contributed by atoms with E-state index in [0.717, 1.165) is 5.56 Å². The number of non-ortho nitro benzene ring substituents is 1. The summed E-state index contributed by atoms with van der Waals surface area (Å²) in [5.41, 5.74) is 7.47. The summed E-state index contributed by atoms with van der Waals surface area (Å²) in [4.78, 5) is 10.3. The highest BCUT2D eigenvalue weighted by molar-refractivity contribution is 6.31. The fourth-order valence-corrected chi connectivity index (χ4v) is 2.28. The number of rotatable bonds is 4. The lowest BCUT2D eigenvalue weighted by atomic mass is 10.1. The molecule has 0 saturated carbocycles. The summed E-state index contributed by atoms with van der Waals surface area (Å²) in [6.45, 7) is 1.93. The van der Waals surface area contributed by atoms with Crippen LogP contribution in [0.2, 0.25) is 5.02 Å². The Kier molecular flexibility index (Phi) is 4.10. The third kappa shape index (κ3) is 3.19. The molecule has 2 rings (SSSR count). The van der Waals surface area contributed by atoms with Crippen molar-refractivity contribution >= 4 is 28.7 Å². The van der Waals surface area contributed by atoms with E-state index in [1.54, 1.807) is 12.1 Å². The zero-order valence-electron chi connectivity index (χ0n) is 10.8. The van der Waals surface area contributed by atoms with Crippen molar-refractivity contribution in [2.75, 3.05) is 11.1 Å². The van der Waals surface area contributed by atoms with Gasteiger partial charge in [0.1, 0.15) is 0 Å². The van der Waals surface area contributed by atoms with Crippen LogP contribution in [-0.4, -0.2) is 4.92 Å². The first-order valence-corrected chi connectivity index (χ1v) is 6.41. The number of hydrogen-bond acceptors (Lipinski definition) is 4. The molecule has 0 saturated heterocycles. The van der Waals surface area contributed by atoms with Crippen molar-refractivity contribution in [3.8, 4) is 0 Å². The molecule has 0 aliphatic heterocycles. The van der Waals surface area contributed by atoms with E-state index in [1.807, 2.05) is 25.1 Å². The zero-order chi connectivity index (χ0) is 14.7. The van der Waals surface area contributed by atoms with Gasteiger partial charge in [-0.2, -0.15) is 0 Å². The van der Waals surface area contributed by atoms with E-state index in [1.165, 1.54) is 12.1 Å². The van der Waals surface area contributed by atoms with Crippen molar-refractivity contribution in [3.05, 3.63) is 63.2 Å². The second-order valence-corrected chi connectivity index (χ2v) is 4.87. The SMILES string of the molecule is CC(Nc1cc(N)cc([N+](=O)[O-])c1)c1ccccc1Cl. The number of anilines is 2. The monoisotopic (exact) mass is 291 g/mol. The Morgan fingerprint density at radius 1 is 1.30 bits per heavy atom. The maximum atomic E-state index is 10.8. The van der Waals surface area contributed by atoms with E-state index in [4.69, 9.17) is 17.3 Å². The molecule has 2 aromatic carbocycles. The summed E-state index contributed by atoms with van der Waals surface area (Å²) in [6, 6.07) is 11.8. The van der Waals surface area contributed by atoms with E-state index in [2.05, 4.69) is 5.32 Å². The van der Waals surface area contributed by atoms with Crippen molar-refractivity contribution in [1.82, 2.24) is 0 Å². The lowest BCUT2D eigenvalue weighted by molar-refractivity contribution is -0.384. The second-order valence-electron chi connectivity index (χ2n) is 4.46. The van der Waals surface area contributed by atoms with Gasteiger partial charge in [-0.25, -0.2) is 0 Å². The Labute approximate surface area is 121 Å². The van der Waals surface area contributed by atoms with E-state index in [9.17, 15) is 10.1 Å². The molecule has 2 aromatic rings. The summed E-state index contributed by atoms with van der Waals surface area (Å²) in [7, 11) is 0. The Bertz CT molecular complexity index is 646. The molecule has 0 aliphatic carbocycles. The average Bonchev–Trinajstić information content (AvgIpc) is 2.38. The van der Waals surface area contributed by atoms with Gasteiger partial charge in [0.2, 0.25) is 0 Å². The number of halogens is 1. The molecule has 104 valence electrons. The molecule has 0 spiro atoms. The molecule has 0 heterocycles. The Hall–Kier alpha value is -2.27. The van der Waals surface area contributed by atoms with Crippen LogP contribution in [0.1, 0.15) is 18.5 Å². The van der Waals surface area contributed by atoms with Crippen LogP contribution in [0.15, 0.2) is 42.5 Å². The standard InChI is InChI=1S/C14H14ClN3O2/c1-9(13-4-2-3-5-14(13)15)17-11-6-10(16)7-12(8-11)18(19)20/h2-9,17H,16H2,1H3. The molecule has 5 nitrogen and oxygen atoms in total. The quantitative estimate of drug-likeness (QED) is 0.507. The number of nitrogens with two attached hydrogens (primary N) is 1. The van der Waals surface area contributed by atoms with Crippen LogP contribution < -0.4 is 11.1 Å². The summed E-state index contributed by atoms with van der Waals surface area (Å²) in [5, 5.41) is 14.6. The fourth-order valence-electron chi connectivity index (χ4n) is 1.98. The van der Waals surface area contributed by atoms with Gasteiger partial charge in [0.05, 0.1) is 4.92 Å². The maximum absolute atomic E-state index is 10.8. The van der Waals surface area contributed by atoms with E-state index in [0.29, 0.717) is 16.4 Å². The first-order chi connectivity index (χ1) is 9.47. The average molecular weight is 292 g/mol. The predicted octanol–water partition coefficient (Wildman–Crippen LogP) is 4.00. The molecule has 0 aliphatic rings. The van der Waals surface area contributed by atoms with Gasteiger partial charge in [-0.05, 0) is 24.6 Å². The van der Waals surface area contributed by atoms with Gasteiger partial charge < -0.3 is 11.1 Å². The number of nitrogens with zero attached hydrogens (tertiary/aromatic N) is 1. The normalized spacial score (nSPS) is 11.9. The number of nitro benzene ring substituents is 1. The minimum Gasteiger partial charge on any atom is -0.398 e. The number of nitrogen functional groups attached to an aromatic ring is 1. The molecule has 1 atom stereocenters. The summed E-state index contributed by atoms with van der Waals surface area (Å²) in [5.74, 6) is 0. The number of nitro groups is 1. The van der Waals surface area contributed by atoms with Crippen molar-refractivity contribution in [1.29, 1.82) is 0 Å². The maximum Gasteiger partial charge on any atom is 0.273 e. The molecule has 0 radical (unpaired) electrons.